The minimum atomic E-state index is -0.958. The molecule has 100 valence electrons. The molecule has 3 N–H and O–H groups in total. The van der Waals surface area contributed by atoms with Crippen LogP contribution >= 0.6 is 0 Å². The Hall–Kier alpha value is -1.30. The lowest BCUT2D eigenvalue weighted by molar-refractivity contribution is -0.143. The summed E-state index contributed by atoms with van der Waals surface area (Å²) in [7, 11) is 1.24. The molecular formula is C11H22N2O4. The van der Waals surface area contributed by atoms with Crippen LogP contribution in [0.3, 0.4) is 0 Å². The van der Waals surface area contributed by atoms with E-state index in [0.717, 1.165) is 0 Å². The number of carbonyl (C=O) groups is 2. The lowest BCUT2D eigenvalue weighted by Crippen LogP contribution is -2.60. The van der Waals surface area contributed by atoms with Crippen molar-refractivity contribution in [3.63, 3.8) is 0 Å². The molecule has 0 heterocycles. The molecule has 1 atom stereocenters. The number of nitrogens with one attached hydrogen (secondary N) is 1. The van der Waals surface area contributed by atoms with Gasteiger partial charge in [0.1, 0.15) is 11.6 Å². The van der Waals surface area contributed by atoms with Crippen molar-refractivity contribution in [3.05, 3.63) is 0 Å². The Balaban J connectivity index is 4.54. The van der Waals surface area contributed by atoms with E-state index in [2.05, 4.69) is 10.1 Å². The van der Waals surface area contributed by atoms with E-state index in [9.17, 15) is 9.59 Å². The van der Waals surface area contributed by atoms with Crippen molar-refractivity contribution in [1.82, 2.24) is 5.32 Å². The summed E-state index contributed by atoms with van der Waals surface area (Å²) in [6, 6.07) is -0.958. The molecule has 1 unspecified atom stereocenters. The van der Waals surface area contributed by atoms with Crippen molar-refractivity contribution < 1.29 is 19.1 Å². The summed E-state index contributed by atoms with van der Waals surface area (Å²) in [5, 5.41) is 2.54. The third-order valence-corrected chi connectivity index (χ3v) is 2.06. The number of hydrogen-bond donors (Lipinski definition) is 2. The van der Waals surface area contributed by atoms with E-state index in [1.807, 2.05) is 0 Å². The topological polar surface area (TPSA) is 90.6 Å². The monoisotopic (exact) mass is 246 g/mol. The van der Waals surface area contributed by atoms with E-state index in [1.165, 1.54) is 7.11 Å². The Morgan fingerprint density at radius 1 is 1.18 bits per heavy atom. The maximum Gasteiger partial charge on any atom is 0.408 e. The van der Waals surface area contributed by atoms with Crippen LogP contribution in [-0.4, -0.2) is 36.4 Å². The van der Waals surface area contributed by atoms with Crippen LogP contribution in [0.5, 0.6) is 0 Å². The molecule has 1 amide bonds. The number of methoxy groups -OCH3 is 1. The molecule has 0 radical (unpaired) electrons. The summed E-state index contributed by atoms with van der Waals surface area (Å²) in [5.41, 5.74) is 4.12. The summed E-state index contributed by atoms with van der Waals surface area (Å²) < 4.78 is 9.60. The van der Waals surface area contributed by atoms with Gasteiger partial charge in [0.05, 0.1) is 12.6 Å². The van der Waals surface area contributed by atoms with Gasteiger partial charge in [0.25, 0.3) is 0 Å². The zero-order valence-corrected chi connectivity index (χ0v) is 11.3. The van der Waals surface area contributed by atoms with Crippen LogP contribution in [0.15, 0.2) is 0 Å². The maximum absolute atomic E-state index is 11.5. The molecule has 0 aromatic rings. The van der Waals surface area contributed by atoms with Crippen LogP contribution in [-0.2, 0) is 14.3 Å². The molecular weight excluding hydrogens is 224 g/mol. The summed E-state index contributed by atoms with van der Waals surface area (Å²) in [5.74, 6) is -0.592. The number of rotatable bonds is 3. The number of alkyl carbamates (subject to hydrolysis) is 1. The van der Waals surface area contributed by atoms with Gasteiger partial charge in [0, 0.05) is 0 Å². The predicted octanol–water partition coefficient (Wildman–Crippen LogP) is 0.790. The van der Waals surface area contributed by atoms with Crippen molar-refractivity contribution in [3.8, 4) is 0 Å². The zero-order chi connectivity index (χ0) is 13.9. The van der Waals surface area contributed by atoms with Crippen LogP contribution in [0, 0.1) is 0 Å². The van der Waals surface area contributed by atoms with Gasteiger partial charge in [-0.15, -0.1) is 0 Å². The molecule has 0 saturated heterocycles. The average Bonchev–Trinajstić information content (AvgIpc) is 2.11. The maximum atomic E-state index is 11.5. The minimum absolute atomic E-state index is 0.592. The molecule has 6 heteroatoms. The molecule has 0 aromatic carbocycles. The Labute approximate surface area is 102 Å². The molecule has 0 saturated carbocycles. The van der Waals surface area contributed by atoms with Crippen LogP contribution in [0.1, 0.15) is 34.6 Å². The smallest absolute Gasteiger partial charge is 0.408 e. The van der Waals surface area contributed by atoms with Gasteiger partial charge in [0.15, 0.2) is 0 Å². The third-order valence-electron chi connectivity index (χ3n) is 2.06. The normalized spacial score (nSPS) is 13.8. The van der Waals surface area contributed by atoms with E-state index in [-0.39, 0.29) is 0 Å². The fourth-order valence-electron chi connectivity index (χ4n) is 1.07. The van der Waals surface area contributed by atoms with E-state index in [0.29, 0.717) is 0 Å². The number of hydrogen-bond acceptors (Lipinski definition) is 5. The second-order valence-corrected chi connectivity index (χ2v) is 5.35. The first-order chi connectivity index (χ1) is 7.49. The van der Waals surface area contributed by atoms with Crippen LogP contribution < -0.4 is 11.1 Å². The second-order valence-electron chi connectivity index (χ2n) is 5.35. The van der Waals surface area contributed by atoms with E-state index in [4.69, 9.17) is 10.5 Å². The van der Waals surface area contributed by atoms with Gasteiger partial charge in [-0.3, -0.25) is 4.79 Å². The minimum Gasteiger partial charge on any atom is -0.468 e. The van der Waals surface area contributed by atoms with Gasteiger partial charge in [-0.2, -0.15) is 0 Å². The van der Waals surface area contributed by atoms with Crippen LogP contribution in [0.2, 0.25) is 0 Å². The Kier molecular flexibility index (Phi) is 4.94. The zero-order valence-electron chi connectivity index (χ0n) is 11.3. The highest BCUT2D eigenvalue weighted by Gasteiger charge is 2.35. The highest BCUT2D eigenvalue weighted by molar-refractivity contribution is 5.79. The van der Waals surface area contributed by atoms with Crippen molar-refractivity contribution in [2.24, 2.45) is 5.73 Å². The van der Waals surface area contributed by atoms with Gasteiger partial charge in [-0.25, -0.2) is 4.79 Å². The summed E-state index contributed by atoms with van der Waals surface area (Å²) in [6.07, 6.45) is -0.623. The lowest BCUT2D eigenvalue weighted by atomic mass is 9.95. The highest BCUT2D eigenvalue weighted by Crippen LogP contribution is 2.12. The van der Waals surface area contributed by atoms with Crippen molar-refractivity contribution in [2.75, 3.05) is 7.11 Å². The molecule has 17 heavy (non-hydrogen) atoms. The molecule has 0 bridgehead atoms. The van der Waals surface area contributed by atoms with Crippen molar-refractivity contribution in [1.29, 1.82) is 0 Å². The SMILES string of the molecule is COC(=O)C(N)C(C)(C)NC(=O)OC(C)(C)C. The third kappa shape index (κ3) is 5.53. The molecule has 0 aliphatic carbocycles. The second kappa shape index (κ2) is 5.35. The Morgan fingerprint density at radius 3 is 2.00 bits per heavy atom. The van der Waals surface area contributed by atoms with Crippen molar-refractivity contribution >= 4 is 12.1 Å². The van der Waals surface area contributed by atoms with Gasteiger partial charge in [0.2, 0.25) is 0 Å². The molecule has 0 fully saturated rings. The number of carbonyl (C=O) groups excluding carboxylic acids is 2. The Morgan fingerprint density at radius 2 is 1.65 bits per heavy atom. The molecule has 0 spiro atoms. The van der Waals surface area contributed by atoms with Gasteiger partial charge < -0.3 is 20.5 Å². The summed E-state index contributed by atoms with van der Waals surface area (Å²) in [6.45, 7) is 8.50. The van der Waals surface area contributed by atoms with Crippen LogP contribution in [0.25, 0.3) is 0 Å². The van der Waals surface area contributed by atoms with E-state index < -0.39 is 29.2 Å². The molecule has 0 aliphatic heterocycles. The standard InChI is InChI=1S/C11H22N2O4/c1-10(2,3)17-9(15)13-11(4,5)7(12)8(14)16-6/h7H,12H2,1-6H3,(H,13,15). The van der Waals surface area contributed by atoms with E-state index >= 15 is 0 Å². The van der Waals surface area contributed by atoms with Crippen molar-refractivity contribution in [2.45, 2.75) is 51.8 Å². The number of nitrogens with two attached hydrogens (primary N) is 1. The van der Waals surface area contributed by atoms with E-state index in [1.54, 1.807) is 34.6 Å². The first kappa shape index (κ1) is 15.7. The lowest BCUT2D eigenvalue weighted by Gasteiger charge is -2.31. The largest absolute Gasteiger partial charge is 0.468 e. The summed E-state index contributed by atoms with van der Waals surface area (Å²) >= 11 is 0. The van der Waals surface area contributed by atoms with Gasteiger partial charge >= 0.3 is 12.1 Å². The Bertz CT molecular complexity index is 294. The number of esters is 1. The average molecular weight is 246 g/mol. The molecule has 0 rings (SSSR count). The molecule has 0 aromatic heterocycles. The summed E-state index contributed by atoms with van der Waals surface area (Å²) in [4.78, 5) is 22.8. The first-order valence-electron chi connectivity index (χ1n) is 5.34. The van der Waals surface area contributed by atoms with Gasteiger partial charge in [-0.05, 0) is 34.6 Å². The quantitative estimate of drug-likeness (QED) is 0.718. The molecule has 6 nitrogen and oxygen atoms in total. The fraction of sp³-hybridized carbons (Fsp3) is 0.818. The number of amides is 1. The fourth-order valence-corrected chi connectivity index (χ4v) is 1.07. The highest BCUT2D eigenvalue weighted by atomic mass is 16.6. The van der Waals surface area contributed by atoms with Crippen LogP contribution in [0.4, 0.5) is 4.79 Å². The number of ether oxygens (including phenoxy) is 2. The molecule has 0 aliphatic rings. The van der Waals surface area contributed by atoms with Gasteiger partial charge in [-0.1, -0.05) is 0 Å². The first-order valence-corrected chi connectivity index (χ1v) is 5.34. The predicted molar refractivity (Wildman–Crippen MR) is 63.4 cm³/mol.